The second-order valence-corrected chi connectivity index (χ2v) is 5.87. The first-order valence-electron chi connectivity index (χ1n) is 8.27. The van der Waals surface area contributed by atoms with E-state index in [0.29, 0.717) is 30.3 Å². The zero-order valence-electron chi connectivity index (χ0n) is 14.5. The molecule has 0 spiro atoms. The van der Waals surface area contributed by atoms with Gasteiger partial charge in [0.05, 0.1) is 6.42 Å². The van der Waals surface area contributed by atoms with Gasteiger partial charge >= 0.3 is 5.97 Å². The molecule has 1 aliphatic heterocycles. The quantitative estimate of drug-likeness (QED) is 0.811. The molecule has 0 saturated heterocycles. The van der Waals surface area contributed by atoms with Gasteiger partial charge in [-0.1, -0.05) is 12.1 Å². The molecule has 6 nitrogen and oxygen atoms in total. The van der Waals surface area contributed by atoms with Crippen LogP contribution in [0.15, 0.2) is 36.4 Å². The van der Waals surface area contributed by atoms with Gasteiger partial charge in [0.1, 0.15) is 30.5 Å². The van der Waals surface area contributed by atoms with E-state index >= 15 is 0 Å². The Hall–Kier alpha value is -3.16. The largest absolute Gasteiger partial charge is 0.486 e. The van der Waals surface area contributed by atoms with Crippen LogP contribution in [-0.2, 0) is 20.7 Å². The number of carbonyl (C=O) groups is 2. The molecule has 2 aromatic rings. The normalized spacial score (nSPS) is 13.6. The van der Waals surface area contributed by atoms with Crippen molar-refractivity contribution in [3.05, 3.63) is 53.6 Å². The summed E-state index contributed by atoms with van der Waals surface area (Å²) in [5.74, 6) is -2.21. The summed E-state index contributed by atoms with van der Waals surface area (Å²) in [6, 6.07) is 8.24. The standard InChI is InChI=1S/C19H17F2NO5/c1-11(19(24)22-18-13(20)3-2-4-14(18)21)27-17(23)10-12-5-6-15-16(9-12)26-8-7-25-15/h2-6,9,11H,7-8,10H2,1H3,(H,22,24)/t11-/m1/s1. The predicted octanol–water partition coefficient (Wildman–Crippen LogP) is 2.85. The minimum Gasteiger partial charge on any atom is -0.486 e. The van der Waals surface area contributed by atoms with Crippen LogP contribution in [-0.4, -0.2) is 31.2 Å². The predicted molar refractivity (Wildman–Crippen MR) is 91.7 cm³/mol. The van der Waals surface area contributed by atoms with E-state index in [0.717, 1.165) is 12.1 Å². The van der Waals surface area contributed by atoms with E-state index in [1.165, 1.54) is 13.0 Å². The van der Waals surface area contributed by atoms with E-state index < -0.39 is 35.3 Å². The van der Waals surface area contributed by atoms with Gasteiger partial charge < -0.3 is 19.5 Å². The van der Waals surface area contributed by atoms with Crippen LogP contribution in [0.5, 0.6) is 11.5 Å². The number of nitrogens with one attached hydrogen (secondary N) is 1. The van der Waals surface area contributed by atoms with Crippen LogP contribution in [0.2, 0.25) is 0 Å². The molecule has 142 valence electrons. The van der Waals surface area contributed by atoms with E-state index in [-0.39, 0.29) is 6.42 Å². The van der Waals surface area contributed by atoms with E-state index in [4.69, 9.17) is 14.2 Å². The zero-order chi connectivity index (χ0) is 19.4. The van der Waals surface area contributed by atoms with Crippen molar-refractivity contribution >= 4 is 17.6 Å². The third kappa shape index (κ3) is 4.52. The Labute approximate surface area is 154 Å². The number of anilines is 1. The average Bonchev–Trinajstić information content (AvgIpc) is 2.64. The van der Waals surface area contributed by atoms with E-state index in [1.54, 1.807) is 18.2 Å². The Morgan fingerprint density at radius 1 is 1.11 bits per heavy atom. The van der Waals surface area contributed by atoms with Crippen LogP contribution in [0.1, 0.15) is 12.5 Å². The first-order chi connectivity index (χ1) is 12.9. The molecule has 0 aromatic heterocycles. The highest BCUT2D eigenvalue weighted by atomic mass is 19.1. The zero-order valence-corrected chi connectivity index (χ0v) is 14.5. The van der Waals surface area contributed by atoms with Crippen LogP contribution >= 0.6 is 0 Å². The molecule has 0 aliphatic carbocycles. The van der Waals surface area contributed by atoms with Crippen LogP contribution < -0.4 is 14.8 Å². The van der Waals surface area contributed by atoms with Gasteiger partial charge in [-0.25, -0.2) is 8.78 Å². The molecular weight excluding hydrogens is 360 g/mol. The van der Waals surface area contributed by atoms with E-state index in [1.807, 2.05) is 0 Å². The molecule has 1 atom stereocenters. The molecule has 0 unspecified atom stereocenters. The van der Waals surface area contributed by atoms with Crippen molar-refractivity contribution in [1.29, 1.82) is 0 Å². The number of ether oxygens (including phenoxy) is 3. The Balaban J connectivity index is 1.58. The number of hydrogen-bond donors (Lipinski definition) is 1. The molecule has 1 heterocycles. The Morgan fingerprint density at radius 2 is 1.78 bits per heavy atom. The molecule has 0 bridgehead atoms. The van der Waals surface area contributed by atoms with Crippen LogP contribution in [0.4, 0.5) is 14.5 Å². The monoisotopic (exact) mass is 377 g/mol. The molecule has 2 aromatic carbocycles. The molecule has 27 heavy (non-hydrogen) atoms. The third-order valence-electron chi connectivity index (χ3n) is 3.84. The smallest absolute Gasteiger partial charge is 0.311 e. The van der Waals surface area contributed by atoms with Gasteiger partial charge in [0.25, 0.3) is 5.91 Å². The summed E-state index contributed by atoms with van der Waals surface area (Å²) in [6.07, 6.45) is -1.32. The topological polar surface area (TPSA) is 73.9 Å². The van der Waals surface area contributed by atoms with Gasteiger partial charge in [-0.05, 0) is 36.8 Å². The minimum absolute atomic E-state index is 0.0949. The number of fused-ring (bicyclic) bond motifs is 1. The van der Waals surface area contributed by atoms with Crippen molar-refractivity contribution < 1.29 is 32.6 Å². The van der Waals surface area contributed by atoms with Crippen LogP contribution in [0.3, 0.4) is 0 Å². The lowest BCUT2D eigenvalue weighted by Gasteiger charge is -2.19. The first-order valence-corrected chi connectivity index (χ1v) is 8.27. The number of benzene rings is 2. The highest BCUT2D eigenvalue weighted by molar-refractivity contribution is 5.95. The molecule has 8 heteroatoms. The number of rotatable bonds is 5. The number of hydrogen-bond acceptors (Lipinski definition) is 5. The van der Waals surface area contributed by atoms with Gasteiger partial charge in [0.15, 0.2) is 17.6 Å². The Kier molecular flexibility index (Phi) is 5.54. The lowest BCUT2D eigenvalue weighted by Crippen LogP contribution is -2.31. The third-order valence-corrected chi connectivity index (χ3v) is 3.84. The Morgan fingerprint density at radius 3 is 2.48 bits per heavy atom. The minimum atomic E-state index is -1.23. The number of carbonyl (C=O) groups excluding carboxylic acids is 2. The van der Waals surface area contributed by atoms with Crippen molar-refractivity contribution in [2.24, 2.45) is 0 Å². The highest BCUT2D eigenvalue weighted by Gasteiger charge is 2.21. The van der Waals surface area contributed by atoms with E-state index in [2.05, 4.69) is 5.32 Å². The lowest BCUT2D eigenvalue weighted by molar-refractivity contribution is -0.152. The van der Waals surface area contributed by atoms with Crippen LogP contribution in [0, 0.1) is 11.6 Å². The fraction of sp³-hybridized carbons (Fsp3) is 0.263. The van der Waals surface area contributed by atoms with Gasteiger partial charge in [0.2, 0.25) is 0 Å². The average molecular weight is 377 g/mol. The van der Waals surface area contributed by atoms with Gasteiger partial charge in [0, 0.05) is 0 Å². The fourth-order valence-electron chi connectivity index (χ4n) is 2.50. The SMILES string of the molecule is C[C@@H](OC(=O)Cc1ccc2c(c1)OCCO2)C(=O)Nc1c(F)cccc1F. The second kappa shape index (κ2) is 8.03. The maximum atomic E-state index is 13.6. The van der Waals surface area contributed by atoms with Crippen molar-refractivity contribution in [1.82, 2.24) is 0 Å². The number of para-hydroxylation sites is 1. The summed E-state index contributed by atoms with van der Waals surface area (Å²) in [6.45, 7) is 2.20. The first kappa shape index (κ1) is 18.6. The summed E-state index contributed by atoms with van der Waals surface area (Å²) in [5, 5.41) is 2.09. The maximum Gasteiger partial charge on any atom is 0.311 e. The number of esters is 1. The summed E-state index contributed by atoms with van der Waals surface area (Å²) < 4.78 is 43.0. The van der Waals surface area contributed by atoms with Gasteiger partial charge in [-0.2, -0.15) is 0 Å². The summed E-state index contributed by atoms with van der Waals surface area (Å²) in [5.41, 5.74) is 0.0363. The molecular formula is C19H17F2NO5. The van der Waals surface area contributed by atoms with Crippen molar-refractivity contribution in [3.8, 4) is 11.5 Å². The molecule has 0 fully saturated rings. The summed E-state index contributed by atoms with van der Waals surface area (Å²) in [7, 11) is 0. The summed E-state index contributed by atoms with van der Waals surface area (Å²) in [4.78, 5) is 24.1. The fourth-order valence-corrected chi connectivity index (χ4v) is 2.50. The molecule has 0 radical (unpaired) electrons. The van der Waals surface area contributed by atoms with E-state index in [9.17, 15) is 18.4 Å². The van der Waals surface area contributed by atoms with Gasteiger partial charge in [-0.3, -0.25) is 9.59 Å². The molecule has 1 amide bonds. The molecule has 3 rings (SSSR count). The van der Waals surface area contributed by atoms with Crippen molar-refractivity contribution in [2.45, 2.75) is 19.4 Å². The lowest BCUT2D eigenvalue weighted by atomic mass is 10.1. The number of amides is 1. The molecule has 1 aliphatic rings. The highest BCUT2D eigenvalue weighted by Crippen LogP contribution is 2.31. The molecule has 0 saturated carbocycles. The maximum absolute atomic E-state index is 13.6. The second-order valence-electron chi connectivity index (χ2n) is 5.87. The van der Waals surface area contributed by atoms with Crippen LogP contribution in [0.25, 0.3) is 0 Å². The van der Waals surface area contributed by atoms with Gasteiger partial charge in [-0.15, -0.1) is 0 Å². The Bertz CT molecular complexity index is 851. The molecule has 1 N–H and O–H groups in total. The van der Waals surface area contributed by atoms with Crippen molar-refractivity contribution in [3.63, 3.8) is 0 Å². The summed E-state index contributed by atoms with van der Waals surface area (Å²) >= 11 is 0. The van der Waals surface area contributed by atoms with Crippen molar-refractivity contribution in [2.75, 3.05) is 18.5 Å². The number of halogens is 2.